The Balaban J connectivity index is 1.45. The van der Waals surface area contributed by atoms with Gasteiger partial charge >= 0.3 is 6.03 Å². The molecule has 0 spiro atoms. The van der Waals surface area contributed by atoms with Crippen molar-refractivity contribution in [2.45, 2.75) is 13.1 Å². The number of aromatic nitrogens is 2. The third kappa shape index (κ3) is 5.52. The van der Waals surface area contributed by atoms with Gasteiger partial charge in [0.1, 0.15) is 10.8 Å². The predicted octanol–water partition coefficient (Wildman–Crippen LogP) is 2.80. The lowest BCUT2D eigenvalue weighted by atomic mass is 10.2. The van der Waals surface area contributed by atoms with Crippen molar-refractivity contribution in [3.8, 4) is 5.75 Å². The molecule has 0 fully saturated rings. The lowest BCUT2D eigenvalue weighted by Gasteiger charge is -2.07. The summed E-state index contributed by atoms with van der Waals surface area (Å²) in [6.07, 6.45) is 0. The lowest BCUT2D eigenvalue weighted by molar-refractivity contribution is 0.102. The second-order valence-electron chi connectivity index (χ2n) is 5.71. The van der Waals surface area contributed by atoms with E-state index in [1.807, 2.05) is 42.5 Å². The van der Waals surface area contributed by atoms with E-state index >= 15 is 0 Å². The van der Waals surface area contributed by atoms with Gasteiger partial charge in [-0.2, -0.15) is 0 Å². The van der Waals surface area contributed by atoms with Crippen LogP contribution in [0.4, 0.5) is 10.5 Å². The van der Waals surface area contributed by atoms with Gasteiger partial charge in [0.2, 0.25) is 5.01 Å². The van der Waals surface area contributed by atoms with Crippen molar-refractivity contribution in [1.82, 2.24) is 20.8 Å². The van der Waals surface area contributed by atoms with Gasteiger partial charge < -0.3 is 20.7 Å². The summed E-state index contributed by atoms with van der Waals surface area (Å²) in [5.41, 5.74) is 1.60. The minimum Gasteiger partial charge on any atom is -0.497 e. The third-order valence-electron chi connectivity index (χ3n) is 3.68. The van der Waals surface area contributed by atoms with Gasteiger partial charge in [-0.15, -0.1) is 10.2 Å². The Hall–Kier alpha value is -3.46. The van der Waals surface area contributed by atoms with Crippen LogP contribution in [0.25, 0.3) is 0 Å². The van der Waals surface area contributed by atoms with Crippen LogP contribution < -0.4 is 20.7 Å². The van der Waals surface area contributed by atoms with E-state index in [1.54, 1.807) is 19.2 Å². The molecule has 0 bridgehead atoms. The van der Waals surface area contributed by atoms with E-state index in [0.29, 0.717) is 17.2 Å². The fourth-order valence-corrected chi connectivity index (χ4v) is 2.98. The molecule has 8 nitrogen and oxygen atoms in total. The molecule has 0 aliphatic carbocycles. The number of carbonyl (C=O) groups is 2. The molecule has 0 atom stereocenters. The van der Waals surface area contributed by atoms with Crippen LogP contribution in [0.5, 0.6) is 5.75 Å². The maximum Gasteiger partial charge on any atom is 0.315 e. The molecule has 28 heavy (non-hydrogen) atoms. The van der Waals surface area contributed by atoms with Crippen molar-refractivity contribution in [2.24, 2.45) is 0 Å². The van der Waals surface area contributed by atoms with Crippen LogP contribution in [-0.4, -0.2) is 29.2 Å². The highest BCUT2D eigenvalue weighted by Crippen LogP contribution is 2.14. The van der Waals surface area contributed by atoms with Crippen molar-refractivity contribution < 1.29 is 14.3 Å². The number of hydrogen-bond acceptors (Lipinski definition) is 6. The first-order valence-corrected chi connectivity index (χ1v) is 9.29. The monoisotopic (exact) mass is 397 g/mol. The average Bonchev–Trinajstić information content (AvgIpc) is 3.21. The zero-order chi connectivity index (χ0) is 19.8. The van der Waals surface area contributed by atoms with Crippen LogP contribution in [0.2, 0.25) is 0 Å². The van der Waals surface area contributed by atoms with E-state index in [4.69, 9.17) is 4.74 Å². The van der Waals surface area contributed by atoms with Crippen LogP contribution in [0.1, 0.15) is 20.4 Å². The number of rotatable bonds is 7. The minimum absolute atomic E-state index is 0.181. The van der Waals surface area contributed by atoms with E-state index in [1.165, 1.54) is 0 Å². The summed E-state index contributed by atoms with van der Waals surface area (Å²) in [5.74, 6) is 0.396. The molecule has 2 aromatic carbocycles. The van der Waals surface area contributed by atoms with Gasteiger partial charge in [-0.1, -0.05) is 41.7 Å². The average molecular weight is 397 g/mol. The van der Waals surface area contributed by atoms with Gasteiger partial charge in [0.15, 0.2) is 0 Å². The summed E-state index contributed by atoms with van der Waals surface area (Å²) in [6, 6.07) is 16.2. The summed E-state index contributed by atoms with van der Waals surface area (Å²) in [7, 11) is 1.59. The van der Waals surface area contributed by atoms with Gasteiger partial charge in [-0.25, -0.2) is 4.79 Å². The number of ether oxygens (including phenoxy) is 1. The fourth-order valence-electron chi connectivity index (χ4n) is 2.31. The highest BCUT2D eigenvalue weighted by Gasteiger charge is 2.13. The van der Waals surface area contributed by atoms with Gasteiger partial charge in [-0.3, -0.25) is 4.79 Å². The van der Waals surface area contributed by atoms with Crippen molar-refractivity contribution in [3.63, 3.8) is 0 Å². The van der Waals surface area contributed by atoms with Gasteiger partial charge in [0, 0.05) is 12.2 Å². The Morgan fingerprint density at radius 3 is 2.57 bits per heavy atom. The summed E-state index contributed by atoms with van der Waals surface area (Å²) in [5, 5.41) is 16.8. The predicted molar refractivity (Wildman–Crippen MR) is 106 cm³/mol. The number of hydrogen-bond donors (Lipinski definition) is 3. The molecule has 3 aromatic rings. The number of methoxy groups -OCH3 is 1. The van der Waals surface area contributed by atoms with E-state index in [-0.39, 0.29) is 23.5 Å². The van der Waals surface area contributed by atoms with E-state index in [9.17, 15) is 9.59 Å². The molecule has 3 rings (SSSR count). The maximum absolute atomic E-state index is 12.2. The number of amides is 3. The first kappa shape index (κ1) is 19.3. The molecule has 9 heteroatoms. The van der Waals surface area contributed by atoms with Crippen LogP contribution in [0.15, 0.2) is 54.6 Å². The second-order valence-corrected chi connectivity index (χ2v) is 6.77. The number of urea groups is 1. The molecule has 0 unspecified atom stereocenters. The summed E-state index contributed by atoms with van der Waals surface area (Å²) in [4.78, 5) is 24.1. The number of nitrogens with zero attached hydrogens (tertiary/aromatic N) is 2. The molecule has 3 N–H and O–H groups in total. The molecule has 0 saturated carbocycles. The largest absolute Gasteiger partial charge is 0.497 e. The Labute approximate surface area is 166 Å². The first-order chi connectivity index (χ1) is 13.6. The smallest absolute Gasteiger partial charge is 0.315 e. The first-order valence-electron chi connectivity index (χ1n) is 8.47. The Morgan fingerprint density at radius 1 is 1.00 bits per heavy atom. The van der Waals surface area contributed by atoms with Crippen LogP contribution in [0, 0.1) is 0 Å². The fraction of sp³-hybridized carbons (Fsp3) is 0.158. The Kier molecular flexibility index (Phi) is 6.53. The number of anilines is 1. The SMILES string of the molecule is COc1cccc(CNC(=O)NCc2nnc(C(=O)Nc3ccccc3)s2)c1. The molecule has 0 radical (unpaired) electrons. The van der Waals surface area contributed by atoms with Crippen molar-refractivity contribution in [1.29, 1.82) is 0 Å². The topological polar surface area (TPSA) is 105 Å². The van der Waals surface area contributed by atoms with Crippen LogP contribution >= 0.6 is 11.3 Å². The number of nitrogens with one attached hydrogen (secondary N) is 3. The van der Waals surface area contributed by atoms with Gasteiger partial charge in [0.25, 0.3) is 5.91 Å². The van der Waals surface area contributed by atoms with Crippen molar-refractivity contribution >= 4 is 29.0 Å². The highest BCUT2D eigenvalue weighted by molar-refractivity contribution is 7.13. The zero-order valence-electron chi connectivity index (χ0n) is 15.1. The molecular weight excluding hydrogens is 378 g/mol. The van der Waals surface area contributed by atoms with E-state index in [0.717, 1.165) is 22.6 Å². The number of para-hydroxylation sites is 1. The molecule has 144 valence electrons. The summed E-state index contributed by atoms with van der Waals surface area (Å²) < 4.78 is 5.15. The molecule has 0 saturated heterocycles. The molecular formula is C19H19N5O3S. The van der Waals surface area contributed by atoms with Gasteiger partial charge in [-0.05, 0) is 29.8 Å². The normalized spacial score (nSPS) is 10.2. The second kappa shape index (κ2) is 9.47. The van der Waals surface area contributed by atoms with Gasteiger partial charge in [0.05, 0.1) is 13.7 Å². The minimum atomic E-state index is -0.340. The van der Waals surface area contributed by atoms with Crippen LogP contribution in [0.3, 0.4) is 0 Å². The Bertz CT molecular complexity index is 946. The van der Waals surface area contributed by atoms with Crippen molar-refractivity contribution in [2.75, 3.05) is 12.4 Å². The molecule has 0 aliphatic heterocycles. The molecule has 0 aliphatic rings. The lowest BCUT2D eigenvalue weighted by Crippen LogP contribution is -2.34. The van der Waals surface area contributed by atoms with E-state index in [2.05, 4.69) is 26.1 Å². The van der Waals surface area contributed by atoms with Crippen LogP contribution in [-0.2, 0) is 13.1 Å². The number of carbonyl (C=O) groups excluding carboxylic acids is 2. The quantitative estimate of drug-likeness (QED) is 0.569. The standard InChI is InChI=1S/C19H19N5O3S/c1-27-15-9-5-6-13(10-15)11-20-19(26)21-12-16-23-24-18(28-16)17(25)22-14-7-3-2-4-8-14/h2-10H,11-12H2,1H3,(H,22,25)(H2,20,21,26). The third-order valence-corrected chi connectivity index (χ3v) is 4.60. The molecule has 3 amide bonds. The maximum atomic E-state index is 12.2. The van der Waals surface area contributed by atoms with E-state index < -0.39 is 0 Å². The number of benzene rings is 2. The summed E-state index contributed by atoms with van der Waals surface area (Å²) >= 11 is 1.13. The summed E-state index contributed by atoms with van der Waals surface area (Å²) in [6.45, 7) is 0.546. The molecule has 1 heterocycles. The highest BCUT2D eigenvalue weighted by atomic mass is 32.1. The molecule has 1 aromatic heterocycles. The van der Waals surface area contributed by atoms with Crippen molar-refractivity contribution in [3.05, 3.63) is 70.2 Å². The zero-order valence-corrected chi connectivity index (χ0v) is 16.0. The Morgan fingerprint density at radius 2 is 1.79 bits per heavy atom.